The molecule has 2 aliphatic rings. The fraction of sp³-hybridized carbons (Fsp3) is 0.556. The van der Waals surface area contributed by atoms with Crippen LogP contribution in [0, 0.1) is 17.7 Å². The predicted molar refractivity (Wildman–Crippen MR) is 98.3 cm³/mol. The van der Waals surface area contributed by atoms with Crippen LogP contribution < -0.4 is 15.5 Å². The first-order valence-corrected chi connectivity index (χ1v) is 9.25. The number of hydrogen-bond donors (Lipinski definition) is 1. The summed E-state index contributed by atoms with van der Waals surface area (Å²) in [7, 11) is 0. The first-order chi connectivity index (χ1) is 12.7. The monoisotopic (exact) mass is 357 g/mol. The second-order valence-electron chi connectivity index (χ2n) is 7.12. The van der Waals surface area contributed by atoms with Crippen LogP contribution in [0.2, 0.25) is 0 Å². The van der Waals surface area contributed by atoms with Crippen molar-refractivity contribution in [3.05, 3.63) is 30.5 Å². The molecule has 0 spiro atoms. The third-order valence-electron chi connectivity index (χ3n) is 5.62. The highest BCUT2D eigenvalue weighted by atomic mass is 19.1. The number of hydrogen-bond acceptors (Lipinski definition) is 7. The van der Waals surface area contributed by atoms with E-state index in [1.54, 1.807) is 6.20 Å². The normalized spacial score (nSPS) is 19.7. The van der Waals surface area contributed by atoms with E-state index < -0.39 is 0 Å². The number of aromatic nitrogens is 4. The molecule has 0 amide bonds. The van der Waals surface area contributed by atoms with Crippen LogP contribution in [0.5, 0.6) is 0 Å². The Morgan fingerprint density at radius 2 is 1.46 bits per heavy atom. The van der Waals surface area contributed by atoms with Crippen LogP contribution >= 0.6 is 0 Å². The molecule has 0 aromatic carbocycles. The SMILES string of the molecule is Nc1nccc(N2CCC(C3CCN(c4ncc(F)cn4)CC3)CC2)n1. The highest BCUT2D eigenvalue weighted by Gasteiger charge is 2.30. The number of piperidine rings is 2. The van der Waals surface area contributed by atoms with Crippen molar-refractivity contribution in [2.75, 3.05) is 41.7 Å². The Hall–Kier alpha value is -2.51. The lowest BCUT2D eigenvalue weighted by Crippen LogP contribution is -2.41. The van der Waals surface area contributed by atoms with Crippen LogP contribution in [0.4, 0.5) is 22.1 Å². The number of nitrogen functional groups attached to an aromatic ring is 1. The van der Waals surface area contributed by atoms with Crippen LogP contribution in [0.15, 0.2) is 24.7 Å². The van der Waals surface area contributed by atoms with E-state index in [2.05, 4.69) is 29.7 Å². The Kier molecular flexibility index (Phi) is 4.81. The fourth-order valence-electron chi connectivity index (χ4n) is 4.18. The Morgan fingerprint density at radius 3 is 2.04 bits per heavy atom. The summed E-state index contributed by atoms with van der Waals surface area (Å²) < 4.78 is 13.0. The standard InChI is InChI=1S/C18H24FN7/c19-15-11-22-18(23-12-15)26-9-4-14(5-10-26)13-2-7-25(8-3-13)16-1-6-21-17(20)24-16/h1,6,11-14H,2-5,7-10H2,(H2,20,21,24). The largest absolute Gasteiger partial charge is 0.368 e. The summed E-state index contributed by atoms with van der Waals surface area (Å²) in [5.41, 5.74) is 5.69. The zero-order chi connectivity index (χ0) is 17.9. The molecular weight excluding hydrogens is 333 g/mol. The summed E-state index contributed by atoms with van der Waals surface area (Å²) in [6, 6.07) is 1.93. The van der Waals surface area contributed by atoms with Crippen molar-refractivity contribution in [3.63, 3.8) is 0 Å². The lowest BCUT2D eigenvalue weighted by molar-refractivity contribution is 0.232. The summed E-state index contributed by atoms with van der Waals surface area (Å²) in [6.45, 7) is 3.92. The molecule has 7 nitrogen and oxygen atoms in total. The molecule has 4 rings (SSSR count). The minimum Gasteiger partial charge on any atom is -0.368 e. The summed E-state index contributed by atoms with van der Waals surface area (Å²) in [5, 5.41) is 0. The minimum atomic E-state index is -0.388. The quantitative estimate of drug-likeness (QED) is 0.901. The molecule has 0 aliphatic carbocycles. The van der Waals surface area contributed by atoms with Gasteiger partial charge < -0.3 is 15.5 Å². The second kappa shape index (κ2) is 7.39. The van der Waals surface area contributed by atoms with Gasteiger partial charge in [0.25, 0.3) is 0 Å². The molecule has 2 N–H and O–H groups in total. The van der Waals surface area contributed by atoms with Gasteiger partial charge in [0.05, 0.1) is 12.4 Å². The molecule has 4 heterocycles. The van der Waals surface area contributed by atoms with E-state index in [1.807, 2.05) is 6.07 Å². The molecule has 0 radical (unpaired) electrons. The van der Waals surface area contributed by atoms with Crippen molar-refractivity contribution < 1.29 is 4.39 Å². The van der Waals surface area contributed by atoms with E-state index >= 15 is 0 Å². The van der Waals surface area contributed by atoms with Gasteiger partial charge in [-0.1, -0.05) is 0 Å². The third kappa shape index (κ3) is 3.68. The minimum absolute atomic E-state index is 0.333. The molecule has 8 heteroatoms. The van der Waals surface area contributed by atoms with Crippen molar-refractivity contribution in [1.29, 1.82) is 0 Å². The van der Waals surface area contributed by atoms with Crippen molar-refractivity contribution >= 4 is 17.7 Å². The van der Waals surface area contributed by atoms with E-state index in [9.17, 15) is 4.39 Å². The van der Waals surface area contributed by atoms with Crippen LogP contribution in [0.1, 0.15) is 25.7 Å². The van der Waals surface area contributed by atoms with Gasteiger partial charge in [0.2, 0.25) is 11.9 Å². The Bertz CT molecular complexity index is 723. The molecular formula is C18H24FN7. The van der Waals surface area contributed by atoms with Crippen molar-refractivity contribution in [1.82, 2.24) is 19.9 Å². The predicted octanol–water partition coefficient (Wildman–Crippen LogP) is 2.12. The number of rotatable bonds is 3. The second-order valence-corrected chi connectivity index (χ2v) is 7.12. The lowest BCUT2D eigenvalue weighted by atomic mass is 9.79. The molecule has 0 unspecified atom stereocenters. The van der Waals surface area contributed by atoms with Crippen molar-refractivity contribution in [2.24, 2.45) is 11.8 Å². The van der Waals surface area contributed by atoms with Crippen LogP contribution in [-0.2, 0) is 0 Å². The highest BCUT2D eigenvalue weighted by Crippen LogP contribution is 2.34. The van der Waals surface area contributed by atoms with Crippen LogP contribution in [-0.4, -0.2) is 46.1 Å². The lowest BCUT2D eigenvalue weighted by Gasteiger charge is -2.40. The maximum atomic E-state index is 13.0. The summed E-state index contributed by atoms with van der Waals surface area (Å²) in [6.07, 6.45) is 8.85. The number of anilines is 3. The van der Waals surface area contributed by atoms with Crippen LogP contribution in [0.3, 0.4) is 0 Å². The molecule has 2 fully saturated rings. The average Bonchev–Trinajstić information content (AvgIpc) is 2.69. The summed E-state index contributed by atoms with van der Waals surface area (Å²) in [5.74, 6) is 3.01. The van der Waals surface area contributed by atoms with Gasteiger partial charge in [-0.25, -0.2) is 19.3 Å². The van der Waals surface area contributed by atoms with E-state index in [0.29, 0.717) is 11.9 Å². The molecule has 2 aliphatic heterocycles. The first-order valence-electron chi connectivity index (χ1n) is 9.25. The maximum Gasteiger partial charge on any atom is 0.225 e. The fourth-order valence-corrected chi connectivity index (χ4v) is 4.18. The highest BCUT2D eigenvalue weighted by molar-refractivity contribution is 5.41. The van der Waals surface area contributed by atoms with Crippen LogP contribution in [0.25, 0.3) is 0 Å². The van der Waals surface area contributed by atoms with Gasteiger partial charge in [0.1, 0.15) is 5.82 Å². The van der Waals surface area contributed by atoms with E-state index in [-0.39, 0.29) is 5.82 Å². The van der Waals surface area contributed by atoms with Gasteiger partial charge in [-0.3, -0.25) is 0 Å². The van der Waals surface area contributed by atoms with Gasteiger partial charge in [0, 0.05) is 32.4 Å². The molecule has 138 valence electrons. The van der Waals surface area contributed by atoms with E-state index in [1.165, 1.54) is 25.2 Å². The van der Waals surface area contributed by atoms with E-state index in [4.69, 9.17) is 5.73 Å². The van der Waals surface area contributed by atoms with Crippen molar-refractivity contribution in [3.8, 4) is 0 Å². The topological polar surface area (TPSA) is 84.1 Å². The number of nitrogens with two attached hydrogens (primary N) is 1. The molecule has 2 saturated heterocycles. The maximum absolute atomic E-state index is 13.0. The Morgan fingerprint density at radius 1 is 0.885 bits per heavy atom. The van der Waals surface area contributed by atoms with E-state index in [0.717, 1.165) is 56.7 Å². The molecule has 26 heavy (non-hydrogen) atoms. The molecule has 2 aromatic heterocycles. The van der Waals surface area contributed by atoms with Gasteiger partial charge >= 0.3 is 0 Å². The Labute approximate surface area is 152 Å². The zero-order valence-corrected chi connectivity index (χ0v) is 14.8. The van der Waals surface area contributed by atoms with Gasteiger partial charge in [-0.15, -0.1) is 0 Å². The molecule has 0 bridgehead atoms. The van der Waals surface area contributed by atoms with Gasteiger partial charge in [-0.05, 0) is 43.6 Å². The van der Waals surface area contributed by atoms with Crippen molar-refractivity contribution in [2.45, 2.75) is 25.7 Å². The third-order valence-corrected chi connectivity index (χ3v) is 5.62. The zero-order valence-electron chi connectivity index (χ0n) is 14.8. The molecule has 0 atom stereocenters. The number of halogens is 1. The number of nitrogens with zero attached hydrogens (tertiary/aromatic N) is 6. The van der Waals surface area contributed by atoms with Gasteiger partial charge in [0.15, 0.2) is 5.82 Å². The summed E-state index contributed by atoms with van der Waals surface area (Å²) in [4.78, 5) is 21.0. The van der Waals surface area contributed by atoms with Gasteiger partial charge in [-0.2, -0.15) is 4.98 Å². The molecule has 2 aromatic rings. The Balaban J connectivity index is 1.29. The molecule has 0 saturated carbocycles. The first kappa shape index (κ1) is 16.9. The smallest absolute Gasteiger partial charge is 0.225 e. The average molecular weight is 357 g/mol. The summed E-state index contributed by atoms with van der Waals surface area (Å²) >= 11 is 0.